The topological polar surface area (TPSA) is 109 Å². The van der Waals surface area contributed by atoms with Crippen molar-refractivity contribution in [2.45, 2.75) is 75.2 Å². The zero-order valence-electron chi connectivity index (χ0n) is 19.7. The van der Waals surface area contributed by atoms with E-state index in [1.54, 1.807) is 6.07 Å². The number of ether oxygens (including phenoxy) is 2. The first kappa shape index (κ1) is 23.6. The van der Waals surface area contributed by atoms with Gasteiger partial charge in [0.05, 0.1) is 19.1 Å². The summed E-state index contributed by atoms with van der Waals surface area (Å²) in [4.78, 5) is 25.1. The molecule has 0 radical (unpaired) electrons. The van der Waals surface area contributed by atoms with Crippen molar-refractivity contribution in [3.8, 4) is 5.75 Å². The molecule has 8 nitrogen and oxygen atoms in total. The van der Waals surface area contributed by atoms with E-state index in [1.807, 2.05) is 42.5 Å². The molecule has 2 aliphatic heterocycles. The molecular formula is C27H33N3O5. The van der Waals surface area contributed by atoms with E-state index >= 15 is 0 Å². The highest BCUT2D eigenvalue weighted by Crippen LogP contribution is 2.47. The Kier molecular flexibility index (Phi) is 7.20. The Labute approximate surface area is 205 Å². The van der Waals surface area contributed by atoms with Gasteiger partial charge < -0.3 is 30.5 Å². The number of hydrogen-bond acceptors (Lipinski definition) is 5. The predicted octanol–water partition coefficient (Wildman–Crippen LogP) is 4.16. The largest absolute Gasteiger partial charge is 0.487 e. The Morgan fingerprint density at radius 3 is 2.51 bits per heavy atom. The van der Waals surface area contributed by atoms with E-state index in [9.17, 15) is 14.7 Å². The number of benzene rings is 2. The molecule has 35 heavy (non-hydrogen) atoms. The normalized spacial score (nSPS) is 25.6. The highest BCUT2D eigenvalue weighted by molar-refractivity contribution is 5.99. The quantitative estimate of drug-likeness (QED) is 0.497. The molecule has 0 aromatic heterocycles. The van der Waals surface area contributed by atoms with Gasteiger partial charge in [-0.15, -0.1) is 0 Å². The third-order valence-electron chi connectivity index (χ3n) is 7.17. The average Bonchev–Trinajstić information content (AvgIpc) is 3.22. The van der Waals surface area contributed by atoms with E-state index in [2.05, 4.69) is 16.0 Å². The van der Waals surface area contributed by atoms with Crippen LogP contribution in [0.1, 0.15) is 56.4 Å². The molecule has 2 aromatic carbocycles. The average molecular weight is 480 g/mol. The molecule has 1 saturated carbocycles. The Balaban J connectivity index is 1.24. The van der Waals surface area contributed by atoms with Gasteiger partial charge in [0.15, 0.2) is 0 Å². The Bertz CT molecular complexity index is 1040. The van der Waals surface area contributed by atoms with Crippen LogP contribution in [0.15, 0.2) is 48.5 Å². The second-order valence-electron chi connectivity index (χ2n) is 9.71. The first-order valence-corrected chi connectivity index (χ1v) is 12.6. The van der Waals surface area contributed by atoms with Crippen LogP contribution in [0.5, 0.6) is 5.75 Å². The van der Waals surface area contributed by atoms with Crippen LogP contribution in [0.25, 0.3) is 0 Å². The maximum absolute atomic E-state index is 12.7. The number of fused-ring (bicyclic) bond motifs is 3. The number of para-hydroxylation sites is 1. The summed E-state index contributed by atoms with van der Waals surface area (Å²) >= 11 is 0. The molecule has 4 N–H and O–H groups in total. The van der Waals surface area contributed by atoms with Gasteiger partial charge in [-0.3, -0.25) is 4.79 Å². The lowest BCUT2D eigenvalue weighted by Crippen LogP contribution is -2.48. The van der Waals surface area contributed by atoms with E-state index in [0.717, 1.165) is 37.0 Å². The van der Waals surface area contributed by atoms with Crippen LogP contribution >= 0.6 is 0 Å². The van der Waals surface area contributed by atoms with Gasteiger partial charge in [-0.25, -0.2) is 4.79 Å². The fraction of sp³-hybridized carbons (Fsp3) is 0.481. The van der Waals surface area contributed by atoms with E-state index in [4.69, 9.17) is 9.47 Å². The maximum atomic E-state index is 12.7. The number of aliphatic hydroxyl groups excluding tert-OH is 1. The molecule has 0 bridgehead atoms. The van der Waals surface area contributed by atoms with Crippen molar-refractivity contribution >= 4 is 23.3 Å². The van der Waals surface area contributed by atoms with Crippen molar-refractivity contribution in [3.05, 3.63) is 54.1 Å². The minimum Gasteiger partial charge on any atom is -0.487 e. The van der Waals surface area contributed by atoms with E-state index in [1.165, 1.54) is 6.42 Å². The number of rotatable bonds is 6. The number of anilines is 2. The van der Waals surface area contributed by atoms with Gasteiger partial charge in [0.2, 0.25) is 5.91 Å². The smallest absolute Gasteiger partial charge is 0.323 e. The van der Waals surface area contributed by atoms with Crippen molar-refractivity contribution in [2.75, 3.05) is 17.2 Å². The SMILES string of the molecule is O=C(C[C@H]1C[C@@H]2c3cc(NC(=O)Nc4ccccc4)ccc3O[C@@H]2[C@@H](CO)O1)NC1CCCCC1. The van der Waals surface area contributed by atoms with E-state index in [-0.39, 0.29) is 49.1 Å². The summed E-state index contributed by atoms with van der Waals surface area (Å²) in [7, 11) is 0. The molecule has 186 valence electrons. The van der Waals surface area contributed by atoms with Crippen LogP contribution in [0.2, 0.25) is 0 Å². The van der Waals surface area contributed by atoms with Crippen molar-refractivity contribution in [1.29, 1.82) is 0 Å². The highest BCUT2D eigenvalue weighted by Gasteiger charge is 2.46. The standard InChI is InChI=1S/C27H33N3O5/c31-16-24-26-22(14-20(34-24)15-25(32)28-17-7-3-1-4-8-17)21-13-19(11-12-23(21)35-26)30-27(33)29-18-9-5-2-6-10-18/h2,5-6,9-13,17,20,22,24,26,31H,1,3-4,7-8,14-16H2,(H,28,32)(H2,29,30,33)/t20-,22-,24-,26+/m1/s1. The third-order valence-corrected chi connectivity index (χ3v) is 7.17. The number of nitrogens with one attached hydrogen (secondary N) is 3. The number of carbonyl (C=O) groups is 2. The molecule has 2 fully saturated rings. The van der Waals surface area contributed by atoms with Crippen molar-refractivity contribution in [3.63, 3.8) is 0 Å². The summed E-state index contributed by atoms with van der Waals surface area (Å²) in [5.41, 5.74) is 2.33. The Morgan fingerprint density at radius 1 is 0.971 bits per heavy atom. The summed E-state index contributed by atoms with van der Waals surface area (Å²) in [5.74, 6) is 0.704. The van der Waals surface area contributed by atoms with Crippen molar-refractivity contribution < 1.29 is 24.2 Å². The van der Waals surface area contributed by atoms with Crippen LogP contribution < -0.4 is 20.7 Å². The maximum Gasteiger partial charge on any atom is 0.323 e. The number of aliphatic hydroxyl groups is 1. The second-order valence-corrected chi connectivity index (χ2v) is 9.71. The third kappa shape index (κ3) is 5.60. The van der Waals surface area contributed by atoms with Gasteiger partial charge in [-0.05, 0) is 49.6 Å². The summed E-state index contributed by atoms with van der Waals surface area (Å²) < 4.78 is 12.2. The molecule has 1 aliphatic carbocycles. The monoisotopic (exact) mass is 479 g/mol. The van der Waals surface area contributed by atoms with Crippen LogP contribution in [-0.4, -0.2) is 48.0 Å². The van der Waals surface area contributed by atoms with Crippen LogP contribution in [0.4, 0.5) is 16.2 Å². The highest BCUT2D eigenvalue weighted by atomic mass is 16.6. The molecule has 3 amide bonds. The summed E-state index contributed by atoms with van der Waals surface area (Å²) in [5, 5.41) is 18.8. The molecule has 0 spiro atoms. The Morgan fingerprint density at radius 2 is 1.74 bits per heavy atom. The Hall–Kier alpha value is -3.10. The molecule has 2 heterocycles. The molecule has 0 unspecified atom stereocenters. The van der Waals surface area contributed by atoms with Gasteiger partial charge in [-0.2, -0.15) is 0 Å². The molecule has 4 atom stereocenters. The summed E-state index contributed by atoms with van der Waals surface area (Å²) in [6.07, 6.45) is 5.39. The number of carbonyl (C=O) groups excluding carboxylic acids is 2. The van der Waals surface area contributed by atoms with Crippen LogP contribution in [0, 0.1) is 0 Å². The molecular weight excluding hydrogens is 446 g/mol. The van der Waals surface area contributed by atoms with Crippen molar-refractivity contribution in [1.82, 2.24) is 5.32 Å². The molecule has 1 saturated heterocycles. The number of amides is 3. The van der Waals surface area contributed by atoms with Gasteiger partial charge >= 0.3 is 6.03 Å². The zero-order chi connectivity index (χ0) is 24.2. The minimum absolute atomic E-state index is 0.00387. The van der Waals surface area contributed by atoms with Crippen LogP contribution in [0.3, 0.4) is 0 Å². The van der Waals surface area contributed by atoms with Gasteiger partial charge in [0.25, 0.3) is 0 Å². The second kappa shape index (κ2) is 10.7. The minimum atomic E-state index is -0.508. The van der Waals surface area contributed by atoms with Gasteiger partial charge in [-0.1, -0.05) is 37.5 Å². The first-order chi connectivity index (χ1) is 17.1. The lowest BCUT2D eigenvalue weighted by atomic mass is 9.84. The molecule has 2 aromatic rings. The van der Waals surface area contributed by atoms with Gasteiger partial charge in [0.1, 0.15) is 18.0 Å². The fourth-order valence-corrected chi connectivity index (χ4v) is 5.52. The molecule has 5 rings (SSSR count). The zero-order valence-corrected chi connectivity index (χ0v) is 19.7. The summed E-state index contributed by atoms with van der Waals surface area (Å²) in [6, 6.07) is 14.7. The van der Waals surface area contributed by atoms with E-state index < -0.39 is 6.10 Å². The van der Waals surface area contributed by atoms with Gasteiger partial charge in [0, 0.05) is 28.9 Å². The molecule has 8 heteroatoms. The lowest BCUT2D eigenvalue weighted by Gasteiger charge is -2.37. The number of urea groups is 1. The molecule has 3 aliphatic rings. The number of hydrogen-bond donors (Lipinski definition) is 4. The van der Waals surface area contributed by atoms with E-state index in [0.29, 0.717) is 17.8 Å². The fourth-order valence-electron chi connectivity index (χ4n) is 5.52. The predicted molar refractivity (Wildman–Crippen MR) is 133 cm³/mol. The first-order valence-electron chi connectivity index (χ1n) is 12.6. The lowest BCUT2D eigenvalue weighted by molar-refractivity contribution is -0.142. The van der Waals surface area contributed by atoms with Crippen molar-refractivity contribution in [2.24, 2.45) is 0 Å². The summed E-state index contributed by atoms with van der Waals surface area (Å²) in [6.45, 7) is -0.180. The van der Waals surface area contributed by atoms with Crippen LogP contribution in [-0.2, 0) is 9.53 Å².